The predicted octanol–water partition coefficient (Wildman–Crippen LogP) is 2.28. The summed E-state index contributed by atoms with van der Waals surface area (Å²) < 4.78 is 15.9. The van der Waals surface area contributed by atoms with E-state index in [0.29, 0.717) is 25.6 Å². The molecule has 0 bridgehead atoms. The van der Waals surface area contributed by atoms with Crippen molar-refractivity contribution in [1.29, 1.82) is 0 Å². The van der Waals surface area contributed by atoms with Gasteiger partial charge in [-0.1, -0.05) is 19.1 Å². The van der Waals surface area contributed by atoms with E-state index in [4.69, 9.17) is 9.47 Å². The molecule has 0 radical (unpaired) electrons. The van der Waals surface area contributed by atoms with Crippen molar-refractivity contribution in [3.05, 3.63) is 12.2 Å². The highest BCUT2D eigenvalue weighted by Crippen LogP contribution is 2.43. The lowest BCUT2D eigenvalue weighted by molar-refractivity contribution is -0.140. The molecule has 2 fully saturated rings. The minimum absolute atomic E-state index is 0.162. The maximum absolute atomic E-state index is 11.0. The molecule has 0 spiro atoms. The number of esters is 1. The molecule has 1 heterocycles. The molecule has 0 aromatic heterocycles. The van der Waals surface area contributed by atoms with Crippen molar-refractivity contribution in [3.63, 3.8) is 0 Å². The Labute approximate surface area is 132 Å². The van der Waals surface area contributed by atoms with Crippen LogP contribution in [0.2, 0.25) is 0 Å². The van der Waals surface area contributed by atoms with Crippen molar-refractivity contribution >= 4 is 5.97 Å². The summed E-state index contributed by atoms with van der Waals surface area (Å²) in [7, 11) is 1.41. The van der Waals surface area contributed by atoms with Gasteiger partial charge in [-0.2, -0.15) is 0 Å². The van der Waals surface area contributed by atoms with Crippen LogP contribution in [0.25, 0.3) is 0 Å². The summed E-state index contributed by atoms with van der Waals surface area (Å²) in [5, 5.41) is 10.3. The van der Waals surface area contributed by atoms with Crippen LogP contribution in [0.5, 0.6) is 0 Å². The number of hydrogen-bond donors (Lipinski definition) is 1. The van der Waals surface area contributed by atoms with Gasteiger partial charge >= 0.3 is 5.97 Å². The van der Waals surface area contributed by atoms with E-state index in [9.17, 15) is 9.90 Å². The van der Waals surface area contributed by atoms with E-state index < -0.39 is 0 Å². The van der Waals surface area contributed by atoms with E-state index in [-0.39, 0.29) is 30.2 Å². The summed E-state index contributed by atoms with van der Waals surface area (Å²) >= 11 is 0. The van der Waals surface area contributed by atoms with Gasteiger partial charge < -0.3 is 19.3 Å². The number of carbonyl (C=O) groups is 1. The molecule has 4 atom stereocenters. The smallest absolute Gasteiger partial charge is 0.305 e. The Balaban J connectivity index is 1.77. The van der Waals surface area contributed by atoms with Crippen LogP contribution in [-0.4, -0.2) is 43.8 Å². The van der Waals surface area contributed by atoms with Crippen LogP contribution in [0.15, 0.2) is 12.2 Å². The van der Waals surface area contributed by atoms with Gasteiger partial charge in [-0.15, -0.1) is 0 Å². The van der Waals surface area contributed by atoms with Crippen LogP contribution < -0.4 is 0 Å². The maximum atomic E-state index is 11.0. The van der Waals surface area contributed by atoms with E-state index in [1.165, 1.54) is 7.11 Å². The third kappa shape index (κ3) is 4.54. The van der Waals surface area contributed by atoms with Gasteiger partial charge in [-0.25, -0.2) is 0 Å². The van der Waals surface area contributed by atoms with Gasteiger partial charge in [0.2, 0.25) is 0 Å². The number of rotatable bonds is 7. The second kappa shape index (κ2) is 8.65. The number of methoxy groups -OCH3 is 1. The van der Waals surface area contributed by atoms with Gasteiger partial charge in [0, 0.05) is 12.3 Å². The number of aliphatic hydroxyl groups is 1. The molecule has 0 unspecified atom stereocenters. The van der Waals surface area contributed by atoms with E-state index in [0.717, 1.165) is 25.7 Å². The van der Waals surface area contributed by atoms with Crippen molar-refractivity contribution < 1.29 is 24.1 Å². The number of hydrogen-bond acceptors (Lipinski definition) is 5. The number of aliphatic hydroxyl groups excluding tert-OH is 1. The molecule has 2 aliphatic rings. The van der Waals surface area contributed by atoms with Crippen LogP contribution in [0.1, 0.15) is 39.0 Å². The Morgan fingerprint density at radius 2 is 2.05 bits per heavy atom. The molecule has 1 aliphatic heterocycles. The van der Waals surface area contributed by atoms with Gasteiger partial charge in [0.25, 0.3) is 0 Å². The Morgan fingerprint density at radius 1 is 1.32 bits per heavy atom. The Morgan fingerprint density at radius 3 is 2.73 bits per heavy atom. The van der Waals surface area contributed by atoms with E-state index in [1.807, 2.05) is 0 Å². The molecule has 22 heavy (non-hydrogen) atoms. The van der Waals surface area contributed by atoms with E-state index in [2.05, 4.69) is 23.8 Å². The number of ether oxygens (including phenoxy) is 3. The lowest BCUT2D eigenvalue weighted by Gasteiger charge is -2.27. The first-order valence-electron chi connectivity index (χ1n) is 8.26. The summed E-state index contributed by atoms with van der Waals surface area (Å²) in [6, 6.07) is 0. The minimum Gasteiger partial charge on any atom is -0.469 e. The van der Waals surface area contributed by atoms with Crippen molar-refractivity contribution in [2.75, 3.05) is 20.3 Å². The molecule has 1 saturated heterocycles. The topological polar surface area (TPSA) is 65.0 Å². The van der Waals surface area contributed by atoms with E-state index >= 15 is 0 Å². The number of carbonyl (C=O) groups excluding carboxylic acids is 1. The largest absolute Gasteiger partial charge is 0.469 e. The van der Waals surface area contributed by atoms with Gasteiger partial charge in [0.1, 0.15) is 0 Å². The zero-order chi connectivity index (χ0) is 15.9. The van der Waals surface area contributed by atoms with Crippen LogP contribution >= 0.6 is 0 Å². The molecule has 126 valence electrons. The van der Waals surface area contributed by atoms with Gasteiger partial charge in [0.05, 0.1) is 26.4 Å². The van der Waals surface area contributed by atoms with Crippen molar-refractivity contribution in [3.8, 4) is 0 Å². The normalized spacial score (nSPS) is 32.9. The summed E-state index contributed by atoms with van der Waals surface area (Å²) in [6.07, 6.45) is 7.51. The van der Waals surface area contributed by atoms with Crippen molar-refractivity contribution in [2.24, 2.45) is 17.8 Å². The van der Waals surface area contributed by atoms with E-state index in [1.54, 1.807) is 0 Å². The van der Waals surface area contributed by atoms with Gasteiger partial charge in [0.15, 0.2) is 6.29 Å². The predicted molar refractivity (Wildman–Crippen MR) is 82.1 cm³/mol. The molecule has 0 amide bonds. The second-order valence-corrected chi connectivity index (χ2v) is 6.31. The first kappa shape index (κ1) is 17.4. The average Bonchev–Trinajstić information content (AvgIpc) is 3.10. The average molecular weight is 312 g/mol. The third-order valence-corrected chi connectivity index (χ3v) is 4.78. The minimum atomic E-state index is -0.285. The Kier molecular flexibility index (Phi) is 6.86. The molecular formula is C17H28O5. The monoisotopic (exact) mass is 312 g/mol. The van der Waals surface area contributed by atoms with Gasteiger partial charge in [-0.3, -0.25) is 4.79 Å². The van der Waals surface area contributed by atoms with Crippen LogP contribution in [0.3, 0.4) is 0 Å². The standard InChI is InChI=1S/C17H28O5/c1-12-11-14(18)13(16(12)17-21-9-10-22-17)7-5-3-4-6-8-15(19)20-2/h3,5,12-14,16-18H,4,6-11H2,1-2H3/b5-3-/t12-,13+,14+,16+/m1/s1. The SMILES string of the molecule is COC(=O)CCC/C=C\C[C@@H]1[C@@H](C2OCCO2)[C@H](C)C[C@@H]1O. The highest BCUT2D eigenvalue weighted by Gasteiger charge is 2.45. The molecule has 1 saturated carbocycles. The lowest BCUT2D eigenvalue weighted by atomic mass is 9.87. The number of allylic oxidation sites excluding steroid dienone is 2. The lowest BCUT2D eigenvalue weighted by Crippen LogP contribution is -2.31. The highest BCUT2D eigenvalue weighted by atomic mass is 16.7. The summed E-state index contributed by atoms with van der Waals surface area (Å²) in [4.78, 5) is 11.0. The fourth-order valence-corrected chi connectivity index (χ4v) is 3.61. The molecule has 0 aromatic rings. The first-order chi connectivity index (χ1) is 10.6. The van der Waals surface area contributed by atoms with Crippen molar-refractivity contribution in [1.82, 2.24) is 0 Å². The molecule has 1 N–H and O–H groups in total. The molecule has 0 aromatic carbocycles. The third-order valence-electron chi connectivity index (χ3n) is 4.78. The number of unbranched alkanes of at least 4 members (excludes halogenated alkanes) is 1. The summed E-state index contributed by atoms with van der Waals surface area (Å²) in [5.41, 5.74) is 0. The summed E-state index contributed by atoms with van der Waals surface area (Å²) in [6.45, 7) is 3.47. The highest BCUT2D eigenvalue weighted by molar-refractivity contribution is 5.68. The fourth-order valence-electron chi connectivity index (χ4n) is 3.61. The molecule has 1 aliphatic carbocycles. The molecule has 2 rings (SSSR count). The Hall–Kier alpha value is -0.910. The fraction of sp³-hybridized carbons (Fsp3) is 0.824. The summed E-state index contributed by atoms with van der Waals surface area (Å²) in [5.74, 6) is 0.701. The Bertz CT molecular complexity index is 375. The van der Waals surface area contributed by atoms with Crippen LogP contribution in [-0.2, 0) is 19.0 Å². The molecule has 5 nitrogen and oxygen atoms in total. The first-order valence-corrected chi connectivity index (χ1v) is 8.26. The molecule has 5 heteroatoms. The quantitative estimate of drug-likeness (QED) is 0.444. The molecular weight excluding hydrogens is 284 g/mol. The van der Waals surface area contributed by atoms with Crippen LogP contribution in [0.4, 0.5) is 0 Å². The zero-order valence-corrected chi connectivity index (χ0v) is 13.6. The second-order valence-electron chi connectivity index (χ2n) is 6.31. The maximum Gasteiger partial charge on any atom is 0.305 e. The van der Waals surface area contributed by atoms with Crippen molar-refractivity contribution in [2.45, 2.75) is 51.4 Å². The zero-order valence-electron chi connectivity index (χ0n) is 13.6. The van der Waals surface area contributed by atoms with Gasteiger partial charge in [-0.05, 0) is 37.5 Å². The van der Waals surface area contributed by atoms with Crippen LogP contribution in [0, 0.1) is 17.8 Å².